The molecular formula is C17H13F6N9O. The minimum Gasteiger partial charge on any atom is -0.471 e. The van der Waals surface area contributed by atoms with Crippen molar-refractivity contribution < 1.29 is 31.1 Å². The molecule has 0 aliphatic heterocycles. The number of pyridine rings is 1. The van der Waals surface area contributed by atoms with Gasteiger partial charge in [0.2, 0.25) is 11.8 Å². The van der Waals surface area contributed by atoms with Crippen LogP contribution in [0.3, 0.4) is 0 Å². The third-order valence-corrected chi connectivity index (χ3v) is 4.30. The molecule has 0 amide bonds. The number of nitrogens with two attached hydrogens (primary N) is 1. The van der Waals surface area contributed by atoms with Gasteiger partial charge in [-0.25, -0.2) is 14.6 Å². The SMILES string of the molecule is CCn1nc(-n2cc(COc3cc(C(F)(F)F)nc(N)n3)nn2)c2ccc(C(F)(F)F)nc21. The van der Waals surface area contributed by atoms with Crippen LogP contribution in [-0.2, 0) is 25.5 Å². The summed E-state index contributed by atoms with van der Waals surface area (Å²) in [5, 5.41) is 12.2. The predicted molar refractivity (Wildman–Crippen MR) is 98.9 cm³/mol. The average Bonchev–Trinajstić information content (AvgIpc) is 3.34. The standard InChI is InChI=1S/C17H13F6N9O/c1-2-31-13-9(3-4-10(25-13)16(18,19)20)14(29-31)32-6-8(28-30-32)7-33-12-5-11(17(21,22)23)26-15(24)27-12/h3-6H,2,7H2,1H3,(H2,24,26,27). The predicted octanol–water partition coefficient (Wildman–Crippen LogP) is 3.02. The second kappa shape index (κ2) is 7.86. The van der Waals surface area contributed by atoms with E-state index in [0.29, 0.717) is 11.5 Å². The molecule has 0 aliphatic carbocycles. The van der Waals surface area contributed by atoms with E-state index >= 15 is 0 Å². The van der Waals surface area contributed by atoms with Gasteiger partial charge in [0.05, 0.1) is 11.6 Å². The van der Waals surface area contributed by atoms with E-state index < -0.39 is 35.6 Å². The minimum absolute atomic E-state index is 0.00626. The summed E-state index contributed by atoms with van der Waals surface area (Å²) in [6, 6.07) is 2.63. The Morgan fingerprint density at radius 3 is 2.39 bits per heavy atom. The van der Waals surface area contributed by atoms with Crippen molar-refractivity contribution in [3.63, 3.8) is 0 Å². The number of fused-ring (bicyclic) bond motifs is 1. The van der Waals surface area contributed by atoms with E-state index in [1.165, 1.54) is 21.6 Å². The van der Waals surface area contributed by atoms with Crippen molar-refractivity contribution in [2.45, 2.75) is 32.4 Å². The molecule has 174 valence electrons. The van der Waals surface area contributed by atoms with Crippen LogP contribution in [0.25, 0.3) is 16.9 Å². The van der Waals surface area contributed by atoms with Crippen LogP contribution >= 0.6 is 0 Å². The van der Waals surface area contributed by atoms with Gasteiger partial charge in [0.1, 0.15) is 18.0 Å². The van der Waals surface area contributed by atoms with Crippen LogP contribution in [0.4, 0.5) is 32.3 Å². The van der Waals surface area contributed by atoms with Crippen LogP contribution in [0.2, 0.25) is 0 Å². The second-order valence-electron chi connectivity index (χ2n) is 6.60. The highest BCUT2D eigenvalue weighted by molar-refractivity contribution is 5.83. The first-order valence-corrected chi connectivity index (χ1v) is 9.16. The molecule has 10 nitrogen and oxygen atoms in total. The lowest BCUT2D eigenvalue weighted by Crippen LogP contribution is -2.11. The summed E-state index contributed by atoms with van der Waals surface area (Å²) in [6.45, 7) is 1.60. The van der Waals surface area contributed by atoms with Crippen molar-refractivity contribution in [2.24, 2.45) is 0 Å². The van der Waals surface area contributed by atoms with Gasteiger partial charge >= 0.3 is 12.4 Å². The van der Waals surface area contributed by atoms with Crippen LogP contribution in [0.15, 0.2) is 24.4 Å². The first-order valence-electron chi connectivity index (χ1n) is 9.16. The normalized spacial score (nSPS) is 12.5. The Kier molecular flexibility index (Phi) is 5.29. The van der Waals surface area contributed by atoms with Gasteiger partial charge in [0, 0.05) is 12.6 Å². The maximum Gasteiger partial charge on any atom is 0.433 e. The highest BCUT2D eigenvalue weighted by atomic mass is 19.4. The molecule has 0 radical (unpaired) electrons. The van der Waals surface area contributed by atoms with E-state index in [4.69, 9.17) is 10.5 Å². The number of hydrogen-bond acceptors (Lipinski definition) is 8. The van der Waals surface area contributed by atoms with Gasteiger partial charge in [-0.15, -0.1) is 5.10 Å². The molecule has 2 N–H and O–H groups in total. The van der Waals surface area contributed by atoms with Crippen LogP contribution in [-0.4, -0.2) is 39.7 Å². The van der Waals surface area contributed by atoms with Crippen LogP contribution in [0.1, 0.15) is 24.0 Å². The van der Waals surface area contributed by atoms with Gasteiger partial charge in [-0.05, 0) is 19.1 Å². The molecule has 0 unspecified atom stereocenters. The molecule has 0 fully saturated rings. The fourth-order valence-electron chi connectivity index (χ4n) is 2.86. The van der Waals surface area contributed by atoms with Gasteiger partial charge < -0.3 is 10.5 Å². The van der Waals surface area contributed by atoms with Crippen LogP contribution < -0.4 is 10.5 Å². The Morgan fingerprint density at radius 1 is 1.00 bits per heavy atom. The Balaban J connectivity index is 1.60. The summed E-state index contributed by atoms with van der Waals surface area (Å²) in [6.07, 6.45) is -8.00. The Labute approximate surface area is 180 Å². The summed E-state index contributed by atoms with van der Waals surface area (Å²) in [5.74, 6) is -0.878. The van der Waals surface area contributed by atoms with E-state index in [2.05, 4.69) is 30.4 Å². The second-order valence-corrected chi connectivity index (χ2v) is 6.60. The van der Waals surface area contributed by atoms with E-state index in [1.54, 1.807) is 6.92 Å². The number of nitrogen functional groups attached to an aromatic ring is 1. The quantitative estimate of drug-likeness (QED) is 0.439. The molecule has 0 atom stereocenters. The molecule has 0 bridgehead atoms. The minimum atomic E-state index is -4.74. The van der Waals surface area contributed by atoms with Gasteiger partial charge in [-0.1, -0.05) is 5.21 Å². The van der Waals surface area contributed by atoms with Crippen molar-refractivity contribution in [2.75, 3.05) is 5.73 Å². The zero-order valence-corrected chi connectivity index (χ0v) is 16.6. The largest absolute Gasteiger partial charge is 0.471 e. The van der Waals surface area contributed by atoms with Crippen molar-refractivity contribution in [1.82, 2.24) is 39.7 Å². The van der Waals surface area contributed by atoms with Crippen molar-refractivity contribution >= 4 is 17.0 Å². The summed E-state index contributed by atoms with van der Waals surface area (Å²) >= 11 is 0. The van der Waals surface area contributed by atoms with Crippen molar-refractivity contribution in [1.29, 1.82) is 0 Å². The number of ether oxygens (including phenoxy) is 1. The Hall–Kier alpha value is -3.98. The van der Waals surface area contributed by atoms with E-state index in [-0.39, 0.29) is 30.3 Å². The van der Waals surface area contributed by atoms with Crippen molar-refractivity contribution in [3.05, 3.63) is 41.5 Å². The summed E-state index contributed by atoms with van der Waals surface area (Å²) in [5.41, 5.74) is 3.15. The molecule has 0 saturated carbocycles. The molecule has 4 rings (SSSR count). The van der Waals surface area contributed by atoms with E-state index in [1.807, 2.05) is 0 Å². The lowest BCUT2D eigenvalue weighted by molar-refractivity contribution is -0.141. The number of halogens is 6. The lowest BCUT2D eigenvalue weighted by atomic mass is 10.3. The number of aryl methyl sites for hydroxylation is 1. The molecule has 4 heterocycles. The monoisotopic (exact) mass is 473 g/mol. The topological polar surface area (TPSA) is 122 Å². The molecular weight excluding hydrogens is 460 g/mol. The number of aromatic nitrogens is 8. The average molecular weight is 473 g/mol. The molecule has 16 heteroatoms. The van der Waals surface area contributed by atoms with Gasteiger partial charge in [-0.2, -0.15) is 41.1 Å². The van der Waals surface area contributed by atoms with Crippen molar-refractivity contribution in [3.8, 4) is 11.7 Å². The smallest absolute Gasteiger partial charge is 0.433 e. The first kappa shape index (κ1) is 22.2. The molecule has 4 aromatic heterocycles. The van der Waals surface area contributed by atoms with E-state index in [0.717, 1.165) is 6.07 Å². The van der Waals surface area contributed by atoms with Gasteiger partial charge in [0.15, 0.2) is 17.2 Å². The third-order valence-electron chi connectivity index (χ3n) is 4.30. The molecule has 0 aliphatic rings. The van der Waals surface area contributed by atoms with Crippen LogP contribution in [0, 0.1) is 0 Å². The van der Waals surface area contributed by atoms with Crippen LogP contribution in [0.5, 0.6) is 5.88 Å². The number of hydrogen-bond donors (Lipinski definition) is 1. The fraction of sp³-hybridized carbons (Fsp3) is 0.294. The Morgan fingerprint density at radius 2 is 1.73 bits per heavy atom. The van der Waals surface area contributed by atoms with Gasteiger partial charge in [-0.3, -0.25) is 0 Å². The zero-order chi connectivity index (χ0) is 24.0. The highest BCUT2D eigenvalue weighted by Gasteiger charge is 2.34. The van der Waals surface area contributed by atoms with E-state index in [9.17, 15) is 26.3 Å². The molecule has 0 spiro atoms. The third kappa shape index (κ3) is 4.49. The summed E-state index contributed by atoms with van der Waals surface area (Å²) in [4.78, 5) is 10.3. The summed E-state index contributed by atoms with van der Waals surface area (Å²) < 4.78 is 85.3. The number of rotatable bonds is 5. The first-order chi connectivity index (χ1) is 15.5. The molecule has 0 aromatic carbocycles. The molecule has 33 heavy (non-hydrogen) atoms. The maximum atomic E-state index is 13.0. The molecule has 0 saturated heterocycles. The number of anilines is 1. The summed E-state index contributed by atoms with van der Waals surface area (Å²) in [7, 11) is 0. The number of nitrogens with zero attached hydrogens (tertiary/aromatic N) is 8. The maximum absolute atomic E-state index is 13.0. The van der Waals surface area contributed by atoms with Gasteiger partial charge in [0.25, 0.3) is 0 Å². The Bertz CT molecular complexity index is 1310. The lowest BCUT2D eigenvalue weighted by Gasteiger charge is -2.08. The number of alkyl halides is 6. The fourth-order valence-corrected chi connectivity index (χ4v) is 2.86. The highest BCUT2D eigenvalue weighted by Crippen LogP contribution is 2.31. The molecule has 4 aromatic rings. The zero-order valence-electron chi connectivity index (χ0n) is 16.6.